The van der Waals surface area contributed by atoms with Crippen molar-refractivity contribution in [3.05, 3.63) is 52.5 Å². The molecule has 9 nitrogen and oxygen atoms in total. The molecule has 2 heterocycles. The van der Waals surface area contributed by atoms with Crippen LogP contribution in [0.25, 0.3) is 0 Å². The number of nitrogens with two attached hydrogens (primary N) is 1. The molecule has 3 N–H and O–H groups in total. The van der Waals surface area contributed by atoms with Crippen molar-refractivity contribution >= 4 is 67.9 Å². The number of ether oxygens (including phenoxy) is 1. The molecule has 0 saturated heterocycles. The van der Waals surface area contributed by atoms with E-state index in [0.29, 0.717) is 5.02 Å². The molecule has 2 aromatic heterocycles. The van der Waals surface area contributed by atoms with Crippen molar-refractivity contribution in [3.63, 3.8) is 0 Å². The minimum atomic E-state index is -3.81. The molecule has 1 aromatic carbocycles. The van der Waals surface area contributed by atoms with Gasteiger partial charge in [-0.05, 0) is 29.6 Å². The fourth-order valence-corrected chi connectivity index (χ4v) is 5.57. The van der Waals surface area contributed by atoms with Crippen molar-refractivity contribution in [1.29, 1.82) is 0 Å². The van der Waals surface area contributed by atoms with E-state index in [1.54, 1.807) is 11.4 Å². The van der Waals surface area contributed by atoms with Crippen LogP contribution in [-0.2, 0) is 19.4 Å². The molecule has 162 valence electrons. The highest BCUT2D eigenvalue weighted by Crippen LogP contribution is 2.29. The largest absolute Gasteiger partial charge is 0.465 e. The van der Waals surface area contributed by atoms with Crippen molar-refractivity contribution in [2.45, 2.75) is 14.3 Å². The summed E-state index contributed by atoms with van der Waals surface area (Å²) in [7, 11) is -2.59. The molecule has 0 fully saturated rings. The molecule has 0 aliphatic carbocycles. The Labute approximate surface area is 190 Å². The van der Waals surface area contributed by atoms with Crippen LogP contribution in [0.4, 0.5) is 11.5 Å². The summed E-state index contributed by atoms with van der Waals surface area (Å²) in [6.07, 6.45) is 1.12. The van der Waals surface area contributed by atoms with Crippen LogP contribution >= 0.6 is 34.7 Å². The number of carbonyl (C=O) groups is 2. The Morgan fingerprint density at radius 1 is 1.32 bits per heavy atom. The molecule has 0 saturated carbocycles. The highest BCUT2D eigenvalue weighted by atomic mass is 35.5. The minimum Gasteiger partial charge on any atom is -0.465 e. The molecule has 13 heteroatoms. The molecule has 0 aliphatic rings. The second kappa shape index (κ2) is 9.64. The quantitative estimate of drug-likeness (QED) is 0.285. The number of hydrogen-bond acceptors (Lipinski definition) is 10. The maximum Gasteiger partial charge on any atom is 0.339 e. The molecule has 31 heavy (non-hydrogen) atoms. The van der Waals surface area contributed by atoms with Gasteiger partial charge in [0.15, 0.2) is 5.16 Å². The van der Waals surface area contributed by atoms with Gasteiger partial charge in [0.1, 0.15) is 14.9 Å². The van der Waals surface area contributed by atoms with E-state index in [0.717, 1.165) is 29.3 Å². The zero-order valence-corrected chi connectivity index (χ0v) is 19.1. The summed E-state index contributed by atoms with van der Waals surface area (Å²) in [5, 5.41) is 4.67. The lowest BCUT2D eigenvalue weighted by Gasteiger charge is -2.10. The maximum absolute atomic E-state index is 12.6. The van der Waals surface area contributed by atoms with Crippen molar-refractivity contribution in [2.24, 2.45) is 0 Å². The normalized spacial score (nSPS) is 11.2. The summed E-state index contributed by atoms with van der Waals surface area (Å²) in [5.74, 6) is -1.42. The monoisotopic (exact) mass is 498 g/mol. The molecule has 0 spiro atoms. The van der Waals surface area contributed by atoms with Gasteiger partial charge < -0.3 is 15.8 Å². The number of benzene rings is 1. The highest BCUT2D eigenvalue weighted by Gasteiger charge is 2.23. The summed E-state index contributed by atoms with van der Waals surface area (Å²) in [6, 6.07) is 7.44. The molecule has 0 unspecified atom stereocenters. The van der Waals surface area contributed by atoms with Crippen LogP contribution in [0.5, 0.6) is 0 Å². The maximum atomic E-state index is 12.6. The van der Waals surface area contributed by atoms with Crippen molar-refractivity contribution in [2.75, 3.05) is 23.9 Å². The van der Waals surface area contributed by atoms with Gasteiger partial charge in [0.05, 0.1) is 30.3 Å². The van der Waals surface area contributed by atoms with E-state index in [-0.39, 0.29) is 37.1 Å². The third-order valence-corrected chi connectivity index (χ3v) is 8.07. The number of nitrogen functional groups attached to an aromatic ring is 1. The molecule has 0 atom stereocenters. The lowest BCUT2D eigenvalue weighted by Crippen LogP contribution is -2.17. The number of nitrogens with zero attached hydrogens (tertiary/aromatic N) is 2. The summed E-state index contributed by atoms with van der Waals surface area (Å²) >= 11 is 7.94. The number of hydrogen-bond donors (Lipinski definition) is 2. The number of carbonyl (C=O) groups excluding carboxylic acids is 2. The number of methoxy groups -OCH3 is 1. The van der Waals surface area contributed by atoms with Crippen molar-refractivity contribution in [1.82, 2.24) is 9.97 Å². The van der Waals surface area contributed by atoms with E-state index < -0.39 is 21.7 Å². The van der Waals surface area contributed by atoms with Gasteiger partial charge in [0.2, 0.25) is 15.7 Å². The minimum absolute atomic E-state index is 0.121. The Morgan fingerprint density at radius 2 is 2.10 bits per heavy atom. The predicted octanol–water partition coefficient (Wildman–Crippen LogP) is 3.12. The van der Waals surface area contributed by atoms with Gasteiger partial charge in [-0.1, -0.05) is 29.4 Å². The number of anilines is 2. The van der Waals surface area contributed by atoms with Crippen LogP contribution < -0.4 is 11.1 Å². The second-order valence-electron chi connectivity index (χ2n) is 5.86. The van der Waals surface area contributed by atoms with Crippen molar-refractivity contribution < 1.29 is 22.7 Å². The van der Waals surface area contributed by atoms with E-state index in [1.807, 2.05) is 0 Å². The molecular formula is C18H15ClN4O5S3. The highest BCUT2D eigenvalue weighted by molar-refractivity contribution is 7.99. The number of nitrogens with one attached hydrogen (secondary N) is 1. The van der Waals surface area contributed by atoms with E-state index in [9.17, 15) is 18.0 Å². The number of rotatable bonds is 7. The van der Waals surface area contributed by atoms with Gasteiger partial charge in [0, 0.05) is 5.02 Å². The number of halogens is 1. The molecule has 1 amide bonds. The number of thiophene rings is 1. The molecule has 3 aromatic rings. The third-order valence-electron chi connectivity index (χ3n) is 3.80. The lowest BCUT2D eigenvalue weighted by atomic mass is 10.2. The van der Waals surface area contributed by atoms with E-state index in [4.69, 9.17) is 17.3 Å². The Hall–Kier alpha value is -2.67. The zero-order valence-electron chi connectivity index (χ0n) is 15.9. The average molecular weight is 499 g/mol. The fourth-order valence-electron chi connectivity index (χ4n) is 2.39. The van der Waals surface area contributed by atoms with Gasteiger partial charge >= 0.3 is 5.97 Å². The number of thioether (sulfide) groups is 1. The lowest BCUT2D eigenvalue weighted by molar-refractivity contribution is -0.113. The molecule has 0 bridgehead atoms. The van der Waals surface area contributed by atoms with Crippen molar-refractivity contribution in [3.8, 4) is 0 Å². The molecule has 0 radical (unpaired) electrons. The standard InChI is InChI=1S/C18H15ClN4O5S3/c1-28-17(25)11-5-4-10(19)7-12(11)22-14(24)9-30-18-21-8-13(16(20)23-18)31(26,27)15-3-2-6-29-15/h2-8H,9H2,1H3,(H,22,24)(H2,20,21,23). The number of esters is 1. The summed E-state index contributed by atoms with van der Waals surface area (Å²) in [5.41, 5.74) is 6.17. The number of aromatic nitrogens is 2. The first-order chi connectivity index (χ1) is 14.7. The van der Waals surface area contributed by atoms with E-state index in [1.165, 1.54) is 31.4 Å². The SMILES string of the molecule is COC(=O)c1ccc(Cl)cc1NC(=O)CSc1ncc(S(=O)(=O)c2cccs2)c(N)n1. The van der Waals surface area contributed by atoms with Gasteiger partial charge in [-0.2, -0.15) is 0 Å². The van der Waals surface area contributed by atoms with E-state index in [2.05, 4.69) is 20.0 Å². The Morgan fingerprint density at radius 3 is 2.74 bits per heavy atom. The summed E-state index contributed by atoms with van der Waals surface area (Å²) in [4.78, 5) is 31.9. The first kappa shape index (κ1) is 23.0. The van der Waals surface area contributed by atoms with Crippen LogP contribution in [0.1, 0.15) is 10.4 Å². The summed E-state index contributed by atoms with van der Waals surface area (Å²) < 4.78 is 29.9. The zero-order chi connectivity index (χ0) is 22.6. The van der Waals surface area contributed by atoms with Crippen LogP contribution in [0.15, 0.2) is 56.2 Å². The molecule has 3 rings (SSSR count). The third kappa shape index (κ3) is 5.34. The van der Waals surface area contributed by atoms with Gasteiger partial charge in [0.25, 0.3) is 0 Å². The second-order valence-corrected chi connectivity index (χ2v) is 10.3. The molecule has 0 aliphatic heterocycles. The fraction of sp³-hybridized carbons (Fsp3) is 0.111. The average Bonchev–Trinajstić information content (AvgIpc) is 3.27. The summed E-state index contributed by atoms with van der Waals surface area (Å²) in [6.45, 7) is 0. The van der Waals surface area contributed by atoms with Crippen LogP contribution in [0.3, 0.4) is 0 Å². The van der Waals surface area contributed by atoms with Gasteiger partial charge in [-0.15, -0.1) is 11.3 Å². The Balaban J connectivity index is 1.70. The first-order valence-corrected chi connectivity index (χ1v) is 12.2. The smallest absolute Gasteiger partial charge is 0.339 e. The number of sulfone groups is 1. The Bertz CT molecular complexity index is 1230. The predicted molar refractivity (Wildman–Crippen MR) is 118 cm³/mol. The van der Waals surface area contributed by atoms with Crippen LogP contribution in [0, 0.1) is 0 Å². The molecular weight excluding hydrogens is 484 g/mol. The van der Waals surface area contributed by atoms with Gasteiger partial charge in [-0.3, -0.25) is 4.79 Å². The Kier molecular flexibility index (Phi) is 7.15. The van der Waals surface area contributed by atoms with E-state index >= 15 is 0 Å². The van der Waals surface area contributed by atoms with Gasteiger partial charge in [-0.25, -0.2) is 23.2 Å². The first-order valence-electron chi connectivity index (χ1n) is 8.44. The number of amides is 1. The van der Waals surface area contributed by atoms with Crippen LogP contribution in [-0.4, -0.2) is 43.1 Å². The van der Waals surface area contributed by atoms with Crippen LogP contribution in [0.2, 0.25) is 5.02 Å². The topological polar surface area (TPSA) is 141 Å².